The van der Waals surface area contributed by atoms with E-state index in [1.165, 1.54) is 40.9 Å². The zero-order valence-corrected chi connectivity index (χ0v) is 18.8. The lowest BCUT2D eigenvalue weighted by Crippen LogP contribution is -2.53. The van der Waals surface area contributed by atoms with Gasteiger partial charge in [-0.1, -0.05) is 6.07 Å². The minimum atomic E-state index is -0.199. The third-order valence-corrected chi connectivity index (χ3v) is 7.12. The first-order chi connectivity index (χ1) is 15.4. The molecule has 1 aromatic carbocycles. The maximum absolute atomic E-state index is 12.9. The Balaban J connectivity index is 1.24. The van der Waals surface area contributed by atoms with Crippen LogP contribution in [-0.4, -0.2) is 61.3 Å². The molecule has 0 radical (unpaired) electrons. The van der Waals surface area contributed by atoms with Crippen molar-refractivity contribution in [2.75, 3.05) is 25.0 Å². The number of amides is 2. The highest BCUT2D eigenvalue weighted by molar-refractivity contribution is 5.88. The summed E-state index contributed by atoms with van der Waals surface area (Å²) >= 11 is 0. The molecular formula is C24H30N6O2. The molecule has 2 aliphatic heterocycles. The number of hydrogen-bond acceptors (Lipinski definition) is 4. The van der Waals surface area contributed by atoms with Gasteiger partial charge in [0.2, 0.25) is 5.91 Å². The van der Waals surface area contributed by atoms with E-state index in [4.69, 9.17) is 0 Å². The van der Waals surface area contributed by atoms with Crippen LogP contribution in [0.5, 0.6) is 0 Å². The van der Waals surface area contributed by atoms with Crippen LogP contribution >= 0.6 is 0 Å². The number of nitrogens with one attached hydrogen (secondary N) is 1. The molecule has 0 aliphatic carbocycles. The fourth-order valence-corrected chi connectivity index (χ4v) is 5.39. The summed E-state index contributed by atoms with van der Waals surface area (Å²) in [6.07, 6.45) is 8.08. The van der Waals surface area contributed by atoms with Crippen LogP contribution in [0.4, 0.5) is 10.6 Å². The van der Waals surface area contributed by atoms with E-state index in [1.807, 2.05) is 4.90 Å². The molecule has 8 heteroatoms. The Morgan fingerprint density at radius 1 is 1.06 bits per heavy atom. The lowest BCUT2D eigenvalue weighted by Gasteiger charge is -2.45. The van der Waals surface area contributed by atoms with E-state index < -0.39 is 0 Å². The number of aryl methyl sites for hydroxylation is 1. The first kappa shape index (κ1) is 20.8. The van der Waals surface area contributed by atoms with Gasteiger partial charge in [-0.2, -0.15) is 4.68 Å². The number of fused-ring (bicyclic) bond motifs is 1. The van der Waals surface area contributed by atoms with Crippen molar-refractivity contribution in [2.24, 2.45) is 7.05 Å². The van der Waals surface area contributed by atoms with E-state index in [-0.39, 0.29) is 17.5 Å². The number of rotatable bonds is 3. The number of hydrogen-bond donors (Lipinski definition) is 1. The minimum Gasteiger partial charge on any atom is -0.351 e. The zero-order valence-electron chi connectivity index (χ0n) is 18.8. The van der Waals surface area contributed by atoms with E-state index in [1.54, 1.807) is 12.3 Å². The number of carbonyl (C=O) groups is 2. The van der Waals surface area contributed by atoms with Crippen molar-refractivity contribution in [3.8, 4) is 0 Å². The number of anilines is 1. The average Bonchev–Trinajstić information content (AvgIpc) is 3.48. The van der Waals surface area contributed by atoms with Gasteiger partial charge in [0.1, 0.15) is 0 Å². The molecule has 32 heavy (non-hydrogen) atoms. The molecule has 2 amide bonds. The zero-order chi connectivity index (χ0) is 22.3. The Bertz CT molecular complexity index is 1150. The standard InChI is InChI=1S/C24H30N6O2/c1-18(31)25-22-7-13-30(26-22)23(32)28-14-9-24(10-15-28)8-3-11-29(24)17-19-4-5-21-20(16-19)6-12-27(21)2/h4-7,12-13,16H,3,8-11,14-15,17H2,1-2H3,(H,25,26,31). The second kappa shape index (κ2) is 8.09. The summed E-state index contributed by atoms with van der Waals surface area (Å²) in [6.45, 7) is 4.94. The summed E-state index contributed by atoms with van der Waals surface area (Å²) in [4.78, 5) is 28.6. The summed E-state index contributed by atoms with van der Waals surface area (Å²) < 4.78 is 3.48. The van der Waals surface area contributed by atoms with Gasteiger partial charge in [0.15, 0.2) is 5.82 Å². The smallest absolute Gasteiger partial charge is 0.344 e. The maximum Gasteiger partial charge on any atom is 0.344 e. The Kier molecular flexibility index (Phi) is 5.25. The number of nitrogens with zero attached hydrogens (tertiary/aromatic N) is 5. The highest BCUT2D eigenvalue weighted by atomic mass is 16.2. The van der Waals surface area contributed by atoms with Crippen molar-refractivity contribution in [2.45, 2.75) is 44.7 Å². The Morgan fingerprint density at radius 3 is 2.66 bits per heavy atom. The number of piperidine rings is 1. The Morgan fingerprint density at radius 2 is 1.88 bits per heavy atom. The van der Waals surface area contributed by atoms with E-state index in [9.17, 15) is 9.59 Å². The minimum absolute atomic E-state index is 0.129. The molecule has 0 saturated carbocycles. The summed E-state index contributed by atoms with van der Waals surface area (Å²) in [5, 5.41) is 8.10. The second-order valence-corrected chi connectivity index (χ2v) is 9.17. The number of benzene rings is 1. The Hall–Kier alpha value is -3.13. The molecule has 1 spiro atoms. The molecule has 8 nitrogen and oxygen atoms in total. The summed E-state index contributed by atoms with van der Waals surface area (Å²) in [7, 11) is 2.08. The first-order valence-corrected chi connectivity index (χ1v) is 11.4. The number of carbonyl (C=O) groups excluding carboxylic acids is 2. The molecule has 1 N–H and O–H groups in total. The molecule has 2 aliphatic rings. The van der Waals surface area contributed by atoms with Gasteiger partial charge in [-0.15, -0.1) is 5.10 Å². The topological polar surface area (TPSA) is 75.4 Å². The van der Waals surface area contributed by atoms with E-state index in [0.717, 1.165) is 39.0 Å². The van der Waals surface area contributed by atoms with Crippen molar-refractivity contribution >= 4 is 28.7 Å². The lowest BCUT2D eigenvalue weighted by molar-refractivity contribution is -0.114. The van der Waals surface area contributed by atoms with Gasteiger partial charge in [0.25, 0.3) is 0 Å². The normalized spacial score (nSPS) is 18.5. The molecule has 168 valence electrons. The van der Waals surface area contributed by atoms with Crippen LogP contribution < -0.4 is 5.32 Å². The largest absolute Gasteiger partial charge is 0.351 e. The van der Waals surface area contributed by atoms with Crippen LogP contribution in [-0.2, 0) is 18.4 Å². The van der Waals surface area contributed by atoms with E-state index in [0.29, 0.717) is 5.82 Å². The van der Waals surface area contributed by atoms with Gasteiger partial charge in [-0.05, 0) is 61.4 Å². The molecule has 2 fully saturated rings. The van der Waals surface area contributed by atoms with Crippen LogP contribution in [0.3, 0.4) is 0 Å². The lowest BCUT2D eigenvalue weighted by atomic mass is 9.84. The molecular weight excluding hydrogens is 404 g/mol. The van der Waals surface area contributed by atoms with Crippen molar-refractivity contribution < 1.29 is 9.59 Å². The molecule has 4 heterocycles. The fourth-order valence-electron chi connectivity index (χ4n) is 5.39. The molecule has 0 atom stereocenters. The van der Waals surface area contributed by atoms with Gasteiger partial charge >= 0.3 is 6.03 Å². The fraction of sp³-hybridized carbons (Fsp3) is 0.458. The summed E-state index contributed by atoms with van der Waals surface area (Å²) in [5.41, 5.74) is 2.79. The molecule has 0 unspecified atom stereocenters. The Labute approximate surface area is 187 Å². The van der Waals surface area contributed by atoms with E-state index >= 15 is 0 Å². The van der Waals surface area contributed by atoms with Crippen LogP contribution in [0, 0.1) is 0 Å². The first-order valence-electron chi connectivity index (χ1n) is 11.4. The van der Waals surface area contributed by atoms with Crippen LogP contribution in [0.25, 0.3) is 10.9 Å². The van der Waals surface area contributed by atoms with Gasteiger partial charge in [-0.3, -0.25) is 9.69 Å². The molecule has 2 aromatic heterocycles. The molecule has 3 aromatic rings. The van der Waals surface area contributed by atoms with Crippen LogP contribution in [0.1, 0.15) is 38.2 Å². The van der Waals surface area contributed by atoms with Crippen LogP contribution in [0.15, 0.2) is 42.7 Å². The van der Waals surface area contributed by atoms with Crippen molar-refractivity contribution in [3.05, 3.63) is 48.3 Å². The third kappa shape index (κ3) is 3.79. The van der Waals surface area contributed by atoms with Gasteiger partial charge in [0, 0.05) is 63.1 Å². The van der Waals surface area contributed by atoms with Gasteiger partial charge in [-0.25, -0.2) is 4.79 Å². The van der Waals surface area contributed by atoms with Crippen molar-refractivity contribution in [3.63, 3.8) is 0 Å². The van der Waals surface area contributed by atoms with Gasteiger partial charge < -0.3 is 14.8 Å². The molecule has 5 rings (SSSR count). The average molecular weight is 435 g/mol. The van der Waals surface area contributed by atoms with Crippen LogP contribution in [0.2, 0.25) is 0 Å². The number of aromatic nitrogens is 3. The van der Waals surface area contributed by atoms with Gasteiger partial charge in [0.05, 0.1) is 0 Å². The SMILES string of the molecule is CC(=O)Nc1ccn(C(=O)N2CCC3(CCCN3Cc3ccc4c(ccn4C)c3)CC2)n1. The predicted molar refractivity (Wildman–Crippen MR) is 123 cm³/mol. The molecule has 0 bridgehead atoms. The highest BCUT2D eigenvalue weighted by Crippen LogP contribution is 2.39. The summed E-state index contributed by atoms with van der Waals surface area (Å²) in [5.74, 6) is 0.201. The quantitative estimate of drug-likeness (QED) is 0.685. The maximum atomic E-state index is 12.9. The monoisotopic (exact) mass is 434 g/mol. The highest BCUT2D eigenvalue weighted by Gasteiger charge is 2.43. The van der Waals surface area contributed by atoms with Crippen molar-refractivity contribution in [1.29, 1.82) is 0 Å². The summed E-state index contributed by atoms with van der Waals surface area (Å²) in [6, 6.07) is 10.5. The van der Waals surface area contributed by atoms with E-state index in [2.05, 4.69) is 57.4 Å². The third-order valence-electron chi connectivity index (χ3n) is 7.12. The van der Waals surface area contributed by atoms with Crippen molar-refractivity contribution in [1.82, 2.24) is 24.1 Å². The molecule has 2 saturated heterocycles. The number of likely N-dealkylation sites (tertiary alicyclic amines) is 2. The predicted octanol–water partition coefficient (Wildman–Crippen LogP) is 3.43. The second-order valence-electron chi connectivity index (χ2n) is 9.17.